The van der Waals surface area contributed by atoms with Crippen molar-refractivity contribution in [3.05, 3.63) is 65.8 Å². The zero-order valence-corrected chi connectivity index (χ0v) is 19.2. The first-order valence-corrected chi connectivity index (χ1v) is 11.6. The second kappa shape index (κ2) is 10.3. The Kier molecular flexibility index (Phi) is 7.77. The highest BCUT2D eigenvalue weighted by Crippen LogP contribution is 2.48. The lowest BCUT2D eigenvalue weighted by Gasteiger charge is -2.48. The molecule has 0 radical (unpaired) electrons. The number of phenolic OH excluding ortho intramolecular Hbond substituents is 1. The molecule has 0 bridgehead atoms. The maximum atomic E-state index is 12.4. The number of hydrogen-bond donors (Lipinski definition) is 3. The van der Waals surface area contributed by atoms with Gasteiger partial charge in [-0.25, -0.2) is 0 Å². The molecule has 4 heteroatoms. The maximum Gasteiger partial charge on any atom is 0.246 e. The van der Waals surface area contributed by atoms with E-state index in [1.807, 2.05) is 31.2 Å². The van der Waals surface area contributed by atoms with Gasteiger partial charge in [0.2, 0.25) is 5.91 Å². The molecule has 0 aromatic heterocycles. The lowest BCUT2D eigenvalue weighted by molar-refractivity contribution is -0.117. The van der Waals surface area contributed by atoms with Crippen molar-refractivity contribution in [2.75, 3.05) is 6.54 Å². The number of aromatic hydroxyl groups is 1. The molecule has 1 fully saturated rings. The zero-order valence-electron chi connectivity index (χ0n) is 19.2. The van der Waals surface area contributed by atoms with E-state index in [1.54, 1.807) is 12.1 Å². The van der Waals surface area contributed by atoms with Gasteiger partial charge in [-0.2, -0.15) is 0 Å². The third kappa shape index (κ3) is 5.68. The van der Waals surface area contributed by atoms with Crippen molar-refractivity contribution in [1.82, 2.24) is 5.32 Å². The van der Waals surface area contributed by atoms with Gasteiger partial charge >= 0.3 is 0 Å². The molecule has 0 heterocycles. The Labute approximate surface area is 186 Å². The van der Waals surface area contributed by atoms with Crippen molar-refractivity contribution < 1.29 is 15.0 Å². The maximum absolute atomic E-state index is 12.4. The number of carbonyl (C=O) groups is 1. The minimum absolute atomic E-state index is 0.0619. The van der Waals surface area contributed by atoms with Crippen LogP contribution in [0, 0.1) is 35.5 Å². The summed E-state index contributed by atoms with van der Waals surface area (Å²) in [5, 5.41) is 22.9. The molecule has 1 aromatic carbocycles. The molecule has 168 valence electrons. The molecule has 2 aliphatic carbocycles. The van der Waals surface area contributed by atoms with Gasteiger partial charge < -0.3 is 15.5 Å². The Morgan fingerprint density at radius 1 is 1.16 bits per heavy atom. The summed E-state index contributed by atoms with van der Waals surface area (Å²) >= 11 is 0. The van der Waals surface area contributed by atoms with Crippen LogP contribution in [0.25, 0.3) is 0 Å². The first-order chi connectivity index (χ1) is 14.8. The summed E-state index contributed by atoms with van der Waals surface area (Å²) in [6, 6.07) is 7.05. The highest BCUT2D eigenvalue weighted by atomic mass is 16.3. The Hall–Kier alpha value is -2.33. The van der Waals surface area contributed by atoms with E-state index in [0.29, 0.717) is 41.7 Å². The third-order valence-electron chi connectivity index (χ3n) is 7.25. The molecule has 2 aliphatic rings. The second-order valence-electron chi connectivity index (χ2n) is 9.53. The summed E-state index contributed by atoms with van der Waals surface area (Å²) in [5.74, 6) is 2.55. The highest BCUT2D eigenvalue weighted by molar-refractivity contribution is 5.93. The molecule has 0 saturated heterocycles. The third-order valence-corrected chi connectivity index (χ3v) is 7.25. The van der Waals surface area contributed by atoms with Crippen LogP contribution in [0.15, 0.2) is 60.2 Å². The first-order valence-electron chi connectivity index (χ1n) is 11.6. The number of nitrogens with one attached hydrogen (secondary N) is 1. The standard InChI is InChI=1S/C27H37NO3/c1-17-8-11-22-16-19(3)26(30)20(4)25(22)24(17)7-5-6-18(2)27(31)28-15-14-21-9-12-23(29)13-10-21/h5-13,17,19-20,22,24-26,29-30H,14-16H2,1-4H3,(H,28,31)/b7-5+,18-6+/t17-,19+,20-,22-,24-,25-,26-/m0/s1. The largest absolute Gasteiger partial charge is 0.508 e. The molecule has 4 nitrogen and oxygen atoms in total. The molecule has 0 unspecified atom stereocenters. The van der Waals surface area contributed by atoms with Crippen molar-refractivity contribution in [2.45, 2.75) is 46.6 Å². The summed E-state index contributed by atoms with van der Waals surface area (Å²) in [6.07, 6.45) is 12.4. The van der Waals surface area contributed by atoms with Crippen molar-refractivity contribution in [1.29, 1.82) is 0 Å². The monoisotopic (exact) mass is 423 g/mol. The number of carbonyl (C=O) groups excluding carboxylic acids is 1. The van der Waals surface area contributed by atoms with Crippen LogP contribution in [0.3, 0.4) is 0 Å². The molecule has 31 heavy (non-hydrogen) atoms. The number of hydrogen-bond acceptors (Lipinski definition) is 3. The van der Waals surface area contributed by atoms with E-state index in [9.17, 15) is 15.0 Å². The minimum Gasteiger partial charge on any atom is -0.508 e. The lowest BCUT2D eigenvalue weighted by atomic mass is 9.58. The average molecular weight is 424 g/mol. The van der Waals surface area contributed by atoms with E-state index in [-0.39, 0.29) is 23.7 Å². The van der Waals surface area contributed by atoms with E-state index in [1.165, 1.54) is 0 Å². The number of aliphatic hydroxyl groups excluding tert-OH is 1. The number of aliphatic hydroxyl groups is 1. The van der Waals surface area contributed by atoms with Crippen molar-refractivity contribution in [3.8, 4) is 5.75 Å². The summed E-state index contributed by atoms with van der Waals surface area (Å²) in [4.78, 5) is 12.4. The van der Waals surface area contributed by atoms with Gasteiger partial charge in [0.1, 0.15) is 5.75 Å². The van der Waals surface area contributed by atoms with Gasteiger partial charge in [0.25, 0.3) is 0 Å². The second-order valence-corrected chi connectivity index (χ2v) is 9.53. The van der Waals surface area contributed by atoms with Gasteiger partial charge in [-0.1, -0.05) is 63.3 Å². The normalized spacial score (nSPS) is 33.3. The average Bonchev–Trinajstić information content (AvgIpc) is 2.75. The zero-order chi connectivity index (χ0) is 22.5. The smallest absolute Gasteiger partial charge is 0.246 e. The van der Waals surface area contributed by atoms with Gasteiger partial charge in [-0.3, -0.25) is 4.79 Å². The molecule has 7 atom stereocenters. The molecule has 0 spiro atoms. The number of fused-ring (bicyclic) bond motifs is 1. The quantitative estimate of drug-likeness (QED) is 0.354. The van der Waals surface area contributed by atoms with Gasteiger partial charge in [0, 0.05) is 12.1 Å². The highest BCUT2D eigenvalue weighted by Gasteiger charge is 2.44. The van der Waals surface area contributed by atoms with Crippen LogP contribution in [-0.2, 0) is 11.2 Å². The van der Waals surface area contributed by atoms with Gasteiger partial charge in [-0.15, -0.1) is 0 Å². The Morgan fingerprint density at radius 2 is 1.87 bits per heavy atom. The predicted octanol–water partition coefficient (Wildman–Crippen LogP) is 4.64. The van der Waals surface area contributed by atoms with Crippen LogP contribution >= 0.6 is 0 Å². The summed E-state index contributed by atoms with van der Waals surface area (Å²) in [7, 11) is 0. The molecule has 1 saturated carbocycles. The Balaban J connectivity index is 1.57. The van der Waals surface area contributed by atoms with Crippen molar-refractivity contribution >= 4 is 5.91 Å². The number of allylic oxidation sites excluding steroid dienone is 5. The van der Waals surface area contributed by atoms with Gasteiger partial charge in [0.05, 0.1) is 6.10 Å². The number of rotatable bonds is 6. The molecule has 1 aromatic rings. The fourth-order valence-corrected chi connectivity index (χ4v) is 5.33. The van der Waals surface area contributed by atoms with Crippen molar-refractivity contribution in [3.63, 3.8) is 0 Å². The summed E-state index contributed by atoms with van der Waals surface area (Å²) in [5.41, 5.74) is 1.76. The summed E-state index contributed by atoms with van der Waals surface area (Å²) in [6.45, 7) is 8.97. The fraction of sp³-hybridized carbons (Fsp3) is 0.519. The van der Waals surface area contributed by atoms with Crippen LogP contribution in [0.4, 0.5) is 0 Å². The fourth-order valence-electron chi connectivity index (χ4n) is 5.33. The van der Waals surface area contributed by atoms with E-state index in [4.69, 9.17) is 0 Å². The topological polar surface area (TPSA) is 69.6 Å². The van der Waals surface area contributed by atoms with Crippen molar-refractivity contribution in [2.24, 2.45) is 35.5 Å². The van der Waals surface area contributed by atoms with E-state index >= 15 is 0 Å². The van der Waals surface area contributed by atoms with Crippen LogP contribution in [0.1, 0.15) is 39.7 Å². The molecular weight excluding hydrogens is 386 g/mol. The molecule has 3 rings (SSSR count). The molecule has 1 amide bonds. The van der Waals surface area contributed by atoms with E-state index in [2.05, 4.69) is 44.3 Å². The van der Waals surface area contributed by atoms with Gasteiger partial charge in [-0.05, 0) is 73.0 Å². The summed E-state index contributed by atoms with van der Waals surface area (Å²) < 4.78 is 0. The predicted molar refractivity (Wildman–Crippen MR) is 125 cm³/mol. The SMILES string of the molecule is C/C(=C\C=C\[C@@H]1[C@H]2[C@H](C)[C@@H](O)[C@H](C)C[C@@H]2C=C[C@@H]1C)C(=O)NCCc1ccc(O)cc1. The molecular formula is C27H37NO3. The minimum atomic E-state index is -0.243. The molecule has 3 N–H and O–H groups in total. The number of benzene rings is 1. The van der Waals surface area contributed by atoms with Crippen LogP contribution < -0.4 is 5.32 Å². The Bertz CT molecular complexity index is 839. The van der Waals surface area contributed by atoms with Crippen LogP contribution in [0.5, 0.6) is 5.75 Å². The van der Waals surface area contributed by atoms with E-state index in [0.717, 1.165) is 18.4 Å². The van der Waals surface area contributed by atoms with Gasteiger partial charge in [0.15, 0.2) is 0 Å². The van der Waals surface area contributed by atoms with Crippen LogP contribution in [-0.4, -0.2) is 28.8 Å². The first kappa shape index (κ1) is 23.3. The van der Waals surface area contributed by atoms with Crippen LogP contribution in [0.2, 0.25) is 0 Å². The lowest BCUT2D eigenvalue weighted by Crippen LogP contribution is -2.46. The molecule has 0 aliphatic heterocycles. The number of phenols is 1. The van der Waals surface area contributed by atoms with E-state index < -0.39 is 0 Å². The Morgan fingerprint density at radius 3 is 2.58 bits per heavy atom. The number of amides is 1.